The molecule has 0 fully saturated rings. The fourth-order valence-corrected chi connectivity index (χ4v) is 8.59. The summed E-state index contributed by atoms with van der Waals surface area (Å²) in [5.41, 5.74) is 16.8. The number of rotatable bonds is 11. The van der Waals surface area contributed by atoms with Crippen molar-refractivity contribution in [2.45, 2.75) is 98.8 Å². The maximum atomic E-state index is 11.3. The van der Waals surface area contributed by atoms with Gasteiger partial charge in [-0.25, -0.2) is 0 Å². The van der Waals surface area contributed by atoms with Gasteiger partial charge in [-0.15, -0.1) is 36.5 Å². The average Bonchev–Trinajstić information content (AvgIpc) is 3.86. The van der Waals surface area contributed by atoms with Crippen LogP contribution in [0.5, 0.6) is 5.75 Å². The summed E-state index contributed by atoms with van der Waals surface area (Å²) in [4.78, 5) is 10.0. The van der Waals surface area contributed by atoms with Gasteiger partial charge in [0.15, 0.2) is 0 Å². The van der Waals surface area contributed by atoms with E-state index in [-0.39, 0.29) is 38.7 Å². The van der Waals surface area contributed by atoms with E-state index in [0.717, 1.165) is 34.0 Å². The van der Waals surface area contributed by atoms with Crippen LogP contribution in [0, 0.1) is 12.7 Å². The van der Waals surface area contributed by atoms with Crippen LogP contribution in [-0.2, 0) is 21.1 Å². The average molecular weight is 986 g/mol. The minimum Gasteiger partial charge on any atom is -0.507 e. The SMILES string of the molecule is CC(C)c1cc(C(C)C)c(N2[CH-]N(c3[c-]c(-c4cn(-c5c(C(C)C)cc(-c6ccccc6)cc5C(C)C)c(-c5ccccc5O)n4)ccc3)c3ccccc32)c(C(C)C)c1.[Pt+2]. The summed E-state index contributed by atoms with van der Waals surface area (Å²) >= 11 is 0. The van der Waals surface area contributed by atoms with Crippen LogP contribution in [0.15, 0.2) is 128 Å². The van der Waals surface area contributed by atoms with E-state index in [1.807, 2.05) is 18.2 Å². The molecule has 0 bridgehead atoms. The van der Waals surface area contributed by atoms with E-state index in [1.54, 1.807) is 6.07 Å². The zero-order chi connectivity index (χ0) is 42.4. The Balaban J connectivity index is 0.00000561. The van der Waals surface area contributed by atoms with E-state index in [9.17, 15) is 5.11 Å². The molecule has 0 aliphatic carbocycles. The molecule has 7 aromatic rings. The molecule has 0 radical (unpaired) electrons. The number of anilines is 4. The molecule has 0 saturated carbocycles. The van der Waals surface area contributed by atoms with Gasteiger partial charge in [-0.2, -0.15) is 0 Å². The summed E-state index contributed by atoms with van der Waals surface area (Å²) in [5.74, 6) is 2.46. The molecule has 1 N–H and O–H groups in total. The van der Waals surface area contributed by atoms with Gasteiger partial charge in [0, 0.05) is 22.8 Å². The number of para-hydroxylation sites is 3. The topological polar surface area (TPSA) is 44.5 Å². The van der Waals surface area contributed by atoms with E-state index in [1.165, 1.54) is 44.6 Å². The van der Waals surface area contributed by atoms with E-state index < -0.39 is 0 Å². The molecule has 0 atom stereocenters. The van der Waals surface area contributed by atoms with Crippen LogP contribution < -0.4 is 9.80 Å². The maximum absolute atomic E-state index is 11.3. The Kier molecular flexibility index (Phi) is 12.8. The minimum atomic E-state index is 0. The summed E-state index contributed by atoms with van der Waals surface area (Å²) in [5, 5.41) is 11.3. The van der Waals surface area contributed by atoms with Crippen LogP contribution >= 0.6 is 0 Å². The smallest absolute Gasteiger partial charge is 0.507 e. The number of fused-ring (bicyclic) bond motifs is 1. The maximum Gasteiger partial charge on any atom is 2.00 e. The Morgan fingerprint density at radius 2 is 1.08 bits per heavy atom. The molecule has 6 heteroatoms. The van der Waals surface area contributed by atoms with Crippen molar-refractivity contribution in [3.63, 3.8) is 0 Å². The van der Waals surface area contributed by atoms with Crippen molar-refractivity contribution >= 4 is 22.7 Å². The Bertz CT molecular complexity index is 2600. The molecule has 1 aliphatic heterocycles. The van der Waals surface area contributed by atoms with E-state index in [0.29, 0.717) is 29.1 Å². The Labute approximate surface area is 378 Å². The number of aromatic hydroxyl groups is 1. The van der Waals surface area contributed by atoms with Crippen molar-refractivity contribution in [1.82, 2.24) is 9.55 Å². The Hall–Kier alpha value is -5.38. The van der Waals surface area contributed by atoms with Gasteiger partial charge < -0.3 is 19.5 Å². The minimum absolute atomic E-state index is 0. The second-order valence-corrected chi connectivity index (χ2v) is 17.8. The molecular formula is C55H58N4OPt. The van der Waals surface area contributed by atoms with Crippen molar-refractivity contribution in [2.24, 2.45) is 0 Å². The second kappa shape index (κ2) is 17.9. The quantitative estimate of drug-likeness (QED) is 0.131. The summed E-state index contributed by atoms with van der Waals surface area (Å²) in [6.45, 7) is 25.1. The molecule has 2 heterocycles. The number of hydrogen-bond acceptors (Lipinski definition) is 4. The predicted octanol–water partition coefficient (Wildman–Crippen LogP) is 15.4. The van der Waals surface area contributed by atoms with Crippen LogP contribution in [0.4, 0.5) is 22.7 Å². The van der Waals surface area contributed by atoms with Gasteiger partial charge >= 0.3 is 21.1 Å². The molecule has 61 heavy (non-hydrogen) atoms. The molecular weight excluding hydrogens is 928 g/mol. The fourth-order valence-electron chi connectivity index (χ4n) is 8.59. The van der Waals surface area contributed by atoms with Crippen molar-refractivity contribution < 1.29 is 26.2 Å². The van der Waals surface area contributed by atoms with Crippen molar-refractivity contribution in [2.75, 3.05) is 9.80 Å². The van der Waals surface area contributed by atoms with Gasteiger partial charge in [0.1, 0.15) is 11.6 Å². The van der Waals surface area contributed by atoms with Gasteiger partial charge in [0.05, 0.1) is 11.3 Å². The molecule has 1 aromatic heterocycles. The van der Waals surface area contributed by atoms with Crippen LogP contribution in [0.1, 0.15) is 127 Å². The summed E-state index contributed by atoms with van der Waals surface area (Å²) in [6.07, 6.45) is 2.14. The molecule has 1 aliphatic rings. The first-order chi connectivity index (χ1) is 28.8. The molecule has 0 spiro atoms. The van der Waals surface area contributed by atoms with Gasteiger partial charge in [-0.3, -0.25) is 4.98 Å². The molecule has 0 amide bonds. The molecule has 0 saturated heterocycles. The van der Waals surface area contributed by atoms with E-state index in [4.69, 9.17) is 4.98 Å². The van der Waals surface area contributed by atoms with Crippen molar-refractivity contribution in [3.8, 4) is 45.2 Å². The predicted molar refractivity (Wildman–Crippen MR) is 252 cm³/mol. The van der Waals surface area contributed by atoms with Gasteiger partial charge in [-0.1, -0.05) is 142 Å². The molecule has 0 unspecified atom stereocenters. The van der Waals surface area contributed by atoms with Crippen LogP contribution in [0.3, 0.4) is 0 Å². The largest absolute Gasteiger partial charge is 2.00 e. The number of phenolic OH excluding ortho intramolecular Hbond substituents is 1. The van der Waals surface area contributed by atoms with Crippen LogP contribution in [0.25, 0.3) is 39.5 Å². The number of hydrogen-bond donors (Lipinski definition) is 1. The van der Waals surface area contributed by atoms with Crippen LogP contribution in [-0.4, -0.2) is 14.7 Å². The zero-order valence-electron chi connectivity index (χ0n) is 37.1. The fraction of sp³-hybridized carbons (Fsp3) is 0.273. The van der Waals surface area contributed by atoms with Gasteiger partial charge in [0.2, 0.25) is 0 Å². The third-order valence-electron chi connectivity index (χ3n) is 11.9. The first-order valence-corrected chi connectivity index (χ1v) is 21.7. The molecule has 314 valence electrons. The summed E-state index contributed by atoms with van der Waals surface area (Å²) in [6, 6.07) is 46.5. The van der Waals surface area contributed by atoms with Gasteiger partial charge in [-0.05, 0) is 111 Å². The summed E-state index contributed by atoms with van der Waals surface area (Å²) < 4.78 is 2.21. The monoisotopic (exact) mass is 985 g/mol. The number of aromatic nitrogens is 2. The normalized spacial score (nSPS) is 12.6. The number of nitrogens with zero attached hydrogens (tertiary/aromatic N) is 4. The molecule has 5 nitrogen and oxygen atoms in total. The third-order valence-corrected chi connectivity index (χ3v) is 11.9. The number of imidazole rings is 1. The first kappa shape index (κ1) is 43.7. The van der Waals surface area contributed by atoms with Gasteiger partial charge in [0.25, 0.3) is 0 Å². The molecule has 8 rings (SSSR count). The zero-order valence-corrected chi connectivity index (χ0v) is 39.4. The third kappa shape index (κ3) is 8.34. The summed E-state index contributed by atoms with van der Waals surface area (Å²) in [7, 11) is 0. The van der Waals surface area contributed by atoms with Crippen LogP contribution in [0.2, 0.25) is 0 Å². The first-order valence-electron chi connectivity index (χ1n) is 21.7. The van der Waals surface area contributed by atoms with Crippen molar-refractivity contribution in [1.29, 1.82) is 0 Å². The van der Waals surface area contributed by atoms with E-state index >= 15 is 0 Å². The van der Waals surface area contributed by atoms with Crippen molar-refractivity contribution in [3.05, 3.63) is 168 Å². The second-order valence-electron chi connectivity index (χ2n) is 17.8. The number of phenols is 1. The number of benzene rings is 6. The standard InChI is InChI=1S/C55H58N4O.Pt/c1-34(2)41-28-45(35(3)4)54(46(29-41)36(5)6)59-33-58(50-24-15-16-25-51(50)59)43-22-18-21-40(27-43)49-32-57(55(56-49)44-23-14-17-26-52(44)60)53-47(37(7)8)30-42(31-48(53)38(9)10)39-19-12-11-13-20-39;/h11-26,28-38,60H,1-10H3;/q-2;+2. The molecule has 6 aromatic carbocycles. The Morgan fingerprint density at radius 3 is 1.66 bits per heavy atom. The van der Waals surface area contributed by atoms with E-state index in [2.05, 4.69) is 200 Å². The Morgan fingerprint density at radius 1 is 0.541 bits per heavy atom.